The minimum atomic E-state index is -0.123. The van der Waals surface area contributed by atoms with Crippen LogP contribution in [0, 0.1) is 0 Å². The molecule has 0 fully saturated rings. The lowest BCUT2D eigenvalue weighted by Gasteiger charge is -2.09. The molecule has 1 N–H and O–H groups in total. The maximum atomic E-state index is 12.0. The van der Waals surface area contributed by atoms with E-state index in [1.54, 1.807) is 25.3 Å². The molecule has 2 aromatic carbocycles. The van der Waals surface area contributed by atoms with Gasteiger partial charge in [0.2, 0.25) is 0 Å². The molecule has 21 heavy (non-hydrogen) atoms. The number of amides is 1. The van der Waals surface area contributed by atoms with E-state index in [1.807, 2.05) is 24.3 Å². The van der Waals surface area contributed by atoms with E-state index in [2.05, 4.69) is 21.2 Å². The number of para-hydroxylation sites is 1. The third-order valence-corrected chi connectivity index (χ3v) is 4.27. The van der Waals surface area contributed by atoms with Gasteiger partial charge in [-0.3, -0.25) is 4.79 Å². The summed E-state index contributed by atoms with van der Waals surface area (Å²) in [6, 6.07) is 12.9. The maximum Gasteiger partial charge on any atom is 0.251 e. The summed E-state index contributed by atoms with van der Waals surface area (Å²) in [4.78, 5) is 12.0. The smallest absolute Gasteiger partial charge is 0.251 e. The minimum absolute atomic E-state index is 0.123. The summed E-state index contributed by atoms with van der Waals surface area (Å²) in [5.41, 5.74) is 1.64. The Morgan fingerprint density at radius 3 is 2.76 bits per heavy atom. The Balaban J connectivity index is 1.93. The maximum absolute atomic E-state index is 12.0. The summed E-state index contributed by atoms with van der Waals surface area (Å²) in [6.45, 7) is 0.541. The normalized spacial score (nSPS) is 10.2. The van der Waals surface area contributed by atoms with Crippen LogP contribution in [0.25, 0.3) is 0 Å². The van der Waals surface area contributed by atoms with Crippen molar-refractivity contribution in [2.75, 3.05) is 13.7 Å². The SMILES string of the molecule is COc1ccccc1CCNC(=O)c1ccc(Cl)c(Br)c1. The van der Waals surface area contributed by atoms with E-state index in [4.69, 9.17) is 16.3 Å². The van der Waals surface area contributed by atoms with Gasteiger partial charge in [0, 0.05) is 16.6 Å². The quantitative estimate of drug-likeness (QED) is 0.863. The summed E-state index contributed by atoms with van der Waals surface area (Å²) in [5.74, 6) is 0.711. The average molecular weight is 369 g/mol. The van der Waals surface area contributed by atoms with Gasteiger partial charge < -0.3 is 10.1 Å². The van der Waals surface area contributed by atoms with Crippen molar-refractivity contribution in [3.8, 4) is 5.75 Å². The number of hydrogen-bond acceptors (Lipinski definition) is 2. The lowest BCUT2D eigenvalue weighted by atomic mass is 10.1. The molecule has 0 unspecified atom stereocenters. The van der Waals surface area contributed by atoms with Crippen molar-refractivity contribution in [2.24, 2.45) is 0 Å². The van der Waals surface area contributed by atoms with Crippen LogP contribution < -0.4 is 10.1 Å². The van der Waals surface area contributed by atoms with Gasteiger partial charge in [-0.15, -0.1) is 0 Å². The van der Waals surface area contributed by atoms with Crippen LogP contribution in [0.3, 0.4) is 0 Å². The zero-order chi connectivity index (χ0) is 15.2. The fourth-order valence-corrected chi connectivity index (χ4v) is 2.46. The molecule has 5 heteroatoms. The Morgan fingerprint density at radius 2 is 2.05 bits per heavy atom. The fourth-order valence-electron chi connectivity index (χ4n) is 1.96. The number of benzene rings is 2. The van der Waals surface area contributed by atoms with Crippen molar-refractivity contribution in [2.45, 2.75) is 6.42 Å². The Labute approximate surface area is 137 Å². The van der Waals surface area contributed by atoms with Crippen molar-refractivity contribution in [3.63, 3.8) is 0 Å². The van der Waals surface area contributed by atoms with Crippen LogP contribution in [-0.4, -0.2) is 19.6 Å². The molecule has 2 rings (SSSR count). The molecule has 0 saturated carbocycles. The Hall–Kier alpha value is -1.52. The number of hydrogen-bond donors (Lipinski definition) is 1. The van der Waals surface area contributed by atoms with Crippen LogP contribution in [0.5, 0.6) is 5.75 Å². The number of methoxy groups -OCH3 is 1. The van der Waals surface area contributed by atoms with Crippen LogP contribution >= 0.6 is 27.5 Å². The molecule has 0 radical (unpaired) electrons. The van der Waals surface area contributed by atoms with Gasteiger partial charge in [0.25, 0.3) is 5.91 Å². The number of ether oxygens (including phenoxy) is 1. The van der Waals surface area contributed by atoms with Gasteiger partial charge in [0.15, 0.2) is 0 Å². The predicted molar refractivity (Wildman–Crippen MR) is 88.2 cm³/mol. The lowest BCUT2D eigenvalue weighted by molar-refractivity contribution is 0.0954. The highest BCUT2D eigenvalue weighted by molar-refractivity contribution is 9.10. The zero-order valence-corrected chi connectivity index (χ0v) is 13.9. The molecular weight excluding hydrogens is 354 g/mol. The highest BCUT2D eigenvalue weighted by Gasteiger charge is 2.08. The van der Waals surface area contributed by atoms with Gasteiger partial charge >= 0.3 is 0 Å². The molecule has 2 aromatic rings. The topological polar surface area (TPSA) is 38.3 Å². The van der Waals surface area contributed by atoms with Crippen LogP contribution in [0.2, 0.25) is 5.02 Å². The number of nitrogens with one attached hydrogen (secondary N) is 1. The third-order valence-electron chi connectivity index (χ3n) is 3.05. The molecule has 0 aliphatic carbocycles. The van der Waals surface area contributed by atoms with Gasteiger partial charge in [-0.1, -0.05) is 29.8 Å². The first-order valence-electron chi connectivity index (χ1n) is 6.47. The Morgan fingerprint density at radius 1 is 1.29 bits per heavy atom. The molecule has 1 amide bonds. The van der Waals surface area contributed by atoms with E-state index in [9.17, 15) is 4.79 Å². The molecule has 0 atom stereocenters. The van der Waals surface area contributed by atoms with Crippen LogP contribution in [0.4, 0.5) is 0 Å². The van der Waals surface area contributed by atoms with E-state index >= 15 is 0 Å². The molecule has 0 saturated heterocycles. The summed E-state index contributed by atoms with van der Waals surface area (Å²) in [6.07, 6.45) is 0.713. The van der Waals surface area contributed by atoms with E-state index in [-0.39, 0.29) is 5.91 Å². The van der Waals surface area contributed by atoms with Crippen molar-refractivity contribution in [1.82, 2.24) is 5.32 Å². The molecule has 0 aromatic heterocycles. The van der Waals surface area contributed by atoms with Crippen molar-refractivity contribution in [1.29, 1.82) is 0 Å². The number of rotatable bonds is 5. The zero-order valence-electron chi connectivity index (χ0n) is 11.5. The summed E-state index contributed by atoms with van der Waals surface area (Å²) < 4.78 is 5.99. The second kappa shape index (κ2) is 7.48. The second-order valence-corrected chi connectivity index (χ2v) is 5.71. The van der Waals surface area contributed by atoms with Gasteiger partial charge in [0.1, 0.15) is 5.75 Å². The Kier molecular flexibility index (Phi) is 5.65. The minimum Gasteiger partial charge on any atom is -0.496 e. The standard InChI is InChI=1S/C16H15BrClNO2/c1-21-15-5-3-2-4-11(15)8-9-19-16(20)12-6-7-14(18)13(17)10-12/h2-7,10H,8-9H2,1H3,(H,19,20). The van der Waals surface area contributed by atoms with Crippen LogP contribution in [-0.2, 0) is 6.42 Å². The van der Waals surface area contributed by atoms with Gasteiger partial charge in [-0.2, -0.15) is 0 Å². The molecule has 3 nitrogen and oxygen atoms in total. The monoisotopic (exact) mass is 367 g/mol. The molecular formula is C16H15BrClNO2. The highest BCUT2D eigenvalue weighted by Crippen LogP contribution is 2.23. The van der Waals surface area contributed by atoms with Crippen LogP contribution in [0.1, 0.15) is 15.9 Å². The molecule has 0 aliphatic heterocycles. The van der Waals surface area contributed by atoms with E-state index in [0.29, 0.717) is 28.0 Å². The molecule has 110 valence electrons. The van der Waals surface area contributed by atoms with Crippen molar-refractivity contribution >= 4 is 33.4 Å². The second-order valence-electron chi connectivity index (χ2n) is 4.45. The summed E-state index contributed by atoms with van der Waals surface area (Å²) in [5, 5.41) is 3.47. The average Bonchev–Trinajstić information content (AvgIpc) is 2.50. The highest BCUT2D eigenvalue weighted by atomic mass is 79.9. The van der Waals surface area contributed by atoms with Gasteiger partial charge in [-0.05, 0) is 52.2 Å². The van der Waals surface area contributed by atoms with Crippen molar-refractivity contribution < 1.29 is 9.53 Å². The first-order chi connectivity index (χ1) is 10.1. The number of carbonyl (C=O) groups excluding carboxylic acids is 1. The molecule has 0 bridgehead atoms. The summed E-state index contributed by atoms with van der Waals surface area (Å²) >= 11 is 9.22. The number of halogens is 2. The van der Waals surface area contributed by atoms with Crippen LogP contribution in [0.15, 0.2) is 46.9 Å². The summed E-state index contributed by atoms with van der Waals surface area (Å²) in [7, 11) is 1.64. The predicted octanol–water partition coefficient (Wildman–Crippen LogP) is 4.08. The molecule has 0 aliphatic rings. The van der Waals surface area contributed by atoms with E-state index < -0.39 is 0 Å². The third kappa shape index (κ3) is 4.22. The fraction of sp³-hybridized carbons (Fsp3) is 0.188. The molecule has 0 heterocycles. The largest absolute Gasteiger partial charge is 0.496 e. The van der Waals surface area contributed by atoms with Gasteiger partial charge in [0.05, 0.1) is 12.1 Å². The first kappa shape index (κ1) is 15.9. The van der Waals surface area contributed by atoms with E-state index in [0.717, 1.165) is 11.3 Å². The molecule has 0 spiro atoms. The number of carbonyl (C=O) groups is 1. The van der Waals surface area contributed by atoms with E-state index in [1.165, 1.54) is 0 Å². The van der Waals surface area contributed by atoms with Crippen molar-refractivity contribution in [3.05, 3.63) is 63.1 Å². The lowest BCUT2D eigenvalue weighted by Crippen LogP contribution is -2.25. The Bertz CT molecular complexity index is 646. The van der Waals surface area contributed by atoms with Gasteiger partial charge in [-0.25, -0.2) is 0 Å². The first-order valence-corrected chi connectivity index (χ1v) is 7.64.